The summed E-state index contributed by atoms with van der Waals surface area (Å²) in [6.07, 6.45) is 3.22. The highest BCUT2D eigenvalue weighted by molar-refractivity contribution is 7.09. The summed E-state index contributed by atoms with van der Waals surface area (Å²) in [6.45, 7) is 0.293. The molecule has 0 fully saturated rings. The van der Waals surface area contributed by atoms with Gasteiger partial charge in [-0.15, -0.1) is 0 Å². The van der Waals surface area contributed by atoms with E-state index in [0.29, 0.717) is 16.9 Å². The summed E-state index contributed by atoms with van der Waals surface area (Å²) in [5.41, 5.74) is 13.3. The molecule has 0 saturated heterocycles. The Balaban J connectivity index is 1.77. The van der Waals surface area contributed by atoms with Crippen molar-refractivity contribution in [2.75, 3.05) is 12.8 Å². The second-order valence-electron chi connectivity index (χ2n) is 8.31. The van der Waals surface area contributed by atoms with Crippen LogP contribution in [0.3, 0.4) is 0 Å². The van der Waals surface area contributed by atoms with Crippen LogP contribution in [-0.4, -0.2) is 39.1 Å². The van der Waals surface area contributed by atoms with Crippen molar-refractivity contribution in [2.24, 2.45) is 5.73 Å². The molecule has 38 heavy (non-hydrogen) atoms. The summed E-state index contributed by atoms with van der Waals surface area (Å²) in [7, 11) is 1.54. The van der Waals surface area contributed by atoms with Gasteiger partial charge in [0.25, 0.3) is 11.8 Å². The Morgan fingerprint density at radius 2 is 1.74 bits per heavy atom. The number of hydrogen-bond donors (Lipinski definition) is 3. The van der Waals surface area contributed by atoms with Gasteiger partial charge in [-0.05, 0) is 46.4 Å². The number of nitrogens with two attached hydrogens (primary N) is 2. The first-order valence-corrected chi connectivity index (χ1v) is 12.4. The number of nitrogen functional groups attached to an aromatic ring is 1. The maximum absolute atomic E-state index is 14.0. The molecule has 4 rings (SSSR count). The molecule has 194 valence electrons. The molecule has 0 aliphatic carbocycles. The van der Waals surface area contributed by atoms with E-state index in [0.717, 1.165) is 17.1 Å². The zero-order valence-electron chi connectivity index (χ0n) is 20.5. The second kappa shape index (κ2) is 12.0. The van der Waals surface area contributed by atoms with Crippen LogP contribution in [0.25, 0.3) is 0 Å². The van der Waals surface area contributed by atoms with Crippen LogP contribution in [-0.2, 0) is 17.9 Å². The summed E-state index contributed by atoms with van der Waals surface area (Å²) in [5.74, 6) is -1.23. The molecule has 1 atom stereocenters. The van der Waals surface area contributed by atoms with Gasteiger partial charge in [0.15, 0.2) is 5.69 Å². The zero-order valence-corrected chi connectivity index (χ0v) is 21.4. The zero-order chi connectivity index (χ0) is 27.1. The summed E-state index contributed by atoms with van der Waals surface area (Å²) < 4.78 is 9.24. The number of nitrogens with one attached hydrogen (secondary N) is 1. The molecule has 0 radical (unpaired) electrons. The number of ether oxygens (including phenoxy) is 1. The Hall–Kier alpha value is -4.77. The fourth-order valence-electron chi connectivity index (χ4n) is 3.87. The van der Waals surface area contributed by atoms with Crippen LogP contribution in [0.15, 0.2) is 79.1 Å². The third-order valence-electron chi connectivity index (χ3n) is 5.79. The predicted molar refractivity (Wildman–Crippen MR) is 143 cm³/mol. The van der Waals surface area contributed by atoms with Gasteiger partial charge in [-0.25, -0.2) is 0 Å². The fourth-order valence-corrected chi connectivity index (χ4v) is 4.63. The van der Waals surface area contributed by atoms with E-state index < -0.39 is 23.8 Å². The lowest BCUT2D eigenvalue weighted by Gasteiger charge is -2.31. The number of aromatic nitrogens is 2. The fraction of sp³-hybridized carbons (Fsp3) is 0.148. The number of anilines is 1. The third kappa shape index (κ3) is 5.95. The Bertz CT molecular complexity index is 1410. The minimum absolute atomic E-state index is 0.0112. The van der Waals surface area contributed by atoms with Crippen molar-refractivity contribution < 1.29 is 19.1 Å². The van der Waals surface area contributed by atoms with E-state index in [1.54, 1.807) is 55.9 Å². The molecule has 4 aromatic rings. The molecule has 3 amide bonds. The summed E-state index contributed by atoms with van der Waals surface area (Å²) in [6, 6.07) is 18.8. The number of nitrogens with zero attached hydrogens (tertiary/aromatic N) is 3. The van der Waals surface area contributed by atoms with Crippen molar-refractivity contribution in [2.45, 2.75) is 19.1 Å². The molecule has 2 heterocycles. The topological polar surface area (TPSA) is 154 Å². The van der Waals surface area contributed by atoms with Crippen molar-refractivity contribution in [1.82, 2.24) is 19.6 Å². The number of amides is 3. The van der Waals surface area contributed by atoms with Crippen molar-refractivity contribution in [3.63, 3.8) is 0 Å². The number of primary amides is 1. The molecule has 2 aromatic carbocycles. The maximum Gasteiger partial charge on any atom is 0.270 e. The van der Waals surface area contributed by atoms with Crippen LogP contribution in [0.5, 0.6) is 5.75 Å². The SMILES string of the molecule is COc1ccc(C(C(=O)NCc2ccccc2)N(Cc2cccnc2)C(=O)c2snc(C(N)=O)c2N)cc1. The average Bonchev–Trinajstić information content (AvgIpc) is 3.34. The van der Waals surface area contributed by atoms with Gasteiger partial charge in [-0.2, -0.15) is 4.37 Å². The van der Waals surface area contributed by atoms with Crippen molar-refractivity contribution in [1.29, 1.82) is 0 Å². The number of pyridine rings is 1. The quantitative estimate of drug-likeness (QED) is 0.285. The number of rotatable bonds is 10. The predicted octanol–water partition coefficient (Wildman–Crippen LogP) is 2.93. The van der Waals surface area contributed by atoms with Gasteiger partial charge in [0.2, 0.25) is 5.91 Å². The molecule has 2 aromatic heterocycles. The van der Waals surface area contributed by atoms with E-state index in [4.69, 9.17) is 16.2 Å². The van der Waals surface area contributed by atoms with Gasteiger partial charge in [0.1, 0.15) is 16.7 Å². The highest BCUT2D eigenvalue weighted by Gasteiger charge is 2.35. The molecule has 0 aliphatic rings. The van der Waals surface area contributed by atoms with E-state index in [1.165, 1.54) is 4.90 Å². The molecule has 5 N–H and O–H groups in total. The first-order chi connectivity index (χ1) is 18.4. The first kappa shape index (κ1) is 26.3. The Labute approximate surface area is 223 Å². The average molecular weight is 531 g/mol. The highest BCUT2D eigenvalue weighted by atomic mass is 32.1. The summed E-state index contributed by atoms with van der Waals surface area (Å²) in [5, 5.41) is 2.94. The number of hydrogen-bond acceptors (Lipinski definition) is 8. The van der Waals surface area contributed by atoms with Gasteiger partial charge in [-0.1, -0.05) is 48.5 Å². The monoisotopic (exact) mass is 530 g/mol. The maximum atomic E-state index is 14.0. The molecule has 0 bridgehead atoms. The number of carbonyl (C=O) groups excluding carboxylic acids is 3. The van der Waals surface area contributed by atoms with Crippen LogP contribution in [0, 0.1) is 0 Å². The summed E-state index contributed by atoms with van der Waals surface area (Å²) in [4.78, 5) is 45.0. The summed E-state index contributed by atoms with van der Waals surface area (Å²) >= 11 is 0.758. The molecule has 11 heteroatoms. The number of benzene rings is 2. The molecular weight excluding hydrogens is 504 g/mol. The normalized spacial score (nSPS) is 11.4. The minimum Gasteiger partial charge on any atom is -0.497 e. The van der Waals surface area contributed by atoms with E-state index >= 15 is 0 Å². The molecule has 1 unspecified atom stereocenters. The highest BCUT2D eigenvalue weighted by Crippen LogP contribution is 2.31. The van der Waals surface area contributed by atoms with Gasteiger partial charge < -0.3 is 26.4 Å². The number of methoxy groups -OCH3 is 1. The van der Waals surface area contributed by atoms with Crippen LogP contribution in [0.4, 0.5) is 5.69 Å². The molecule has 10 nitrogen and oxygen atoms in total. The Morgan fingerprint density at radius 3 is 2.34 bits per heavy atom. The first-order valence-electron chi connectivity index (χ1n) is 11.6. The third-order valence-corrected chi connectivity index (χ3v) is 6.64. The number of carbonyl (C=O) groups is 3. The molecule has 0 saturated carbocycles. The van der Waals surface area contributed by atoms with Crippen molar-refractivity contribution >= 4 is 34.9 Å². The molecule has 0 aliphatic heterocycles. The van der Waals surface area contributed by atoms with Crippen molar-refractivity contribution in [3.8, 4) is 5.75 Å². The van der Waals surface area contributed by atoms with E-state index in [9.17, 15) is 14.4 Å². The standard InChI is InChI=1S/C27H26N6O4S/c1-37-20-11-9-19(10-12-20)23(26(35)31-15-17-6-3-2-4-7-17)33(16-18-8-5-13-30-14-18)27(36)24-21(28)22(25(29)34)32-38-24/h2-14,23H,15-16,28H2,1H3,(H2,29,34)(H,31,35). The lowest BCUT2D eigenvalue weighted by molar-refractivity contribution is -0.126. The second-order valence-corrected chi connectivity index (χ2v) is 9.09. The van der Waals surface area contributed by atoms with E-state index in [-0.39, 0.29) is 29.3 Å². The lowest BCUT2D eigenvalue weighted by Crippen LogP contribution is -2.43. The van der Waals surface area contributed by atoms with Gasteiger partial charge in [0, 0.05) is 25.5 Å². The van der Waals surface area contributed by atoms with Crippen LogP contribution in [0.2, 0.25) is 0 Å². The molecular formula is C27H26N6O4S. The van der Waals surface area contributed by atoms with E-state index in [2.05, 4.69) is 14.7 Å². The lowest BCUT2D eigenvalue weighted by atomic mass is 10.0. The van der Waals surface area contributed by atoms with E-state index in [1.807, 2.05) is 30.3 Å². The Morgan fingerprint density at radius 1 is 1.03 bits per heavy atom. The van der Waals surface area contributed by atoms with Gasteiger partial charge in [0.05, 0.1) is 12.8 Å². The van der Waals surface area contributed by atoms with Crippen LogP contribution < -0.4 is 21.5 Å². The largest absolute Gasteiger partial charge is 0.497 e. The van der Waals surface area contributed by atoms with Gasteiger partial charge >= 0.3 is 0 Å². The van der Waals surface area contributed by atoms with Crippen molar-refractivity contribution in [3.05, 3.63) is 106 Å². The van der Waals surface area contributed by atoms with Gasteiger partial charge in [-0.3, -0.25) is 19.4 Å². The smallest absolute Gasteiger partial charge is 0.270 e. The minimum atomic E-state index is -1.06. The Kier molecular flexibility index (Phi) is 8.29. The molecule has 0 spiro atoms. The van der Waals surface area contributed by atoms with Crippen LogP contribution >= 0.6 is 11.5 Å². The van der Waals surface area contributed by atoms with Crippen LogP contribution in [0.1, 0.15) is 42.9 Å².